The largest absolute Gasteiger partial charge is 0.507 e. The van der Waals surface area contributed by atoms with Crippen molar-refractivity contribution < 1.29 is 14.4 Å². The van der Waals surface area contributed by atoms with Crippen LogP contribution < -0.4 is 9.80 Å². The lowest BCUT2D eigenvalue weighted by Gasteiger charge is -2.21. The van der Waals surface area contributed by atoms with Crippen molar-refractivity contribution in [3.63, 3.8) is 0 Å². The molecule has 0 aliphatic carbocycles. The molecule has 0 aromatic heterocycles. The Balaban J connectivity index is 2.13. The number of aliphatic imine (C=N–C) groups is 1. The minimum atomic E-state index is -0.234. The van der Waals surface area contributed by atoms with E-state index in [-0.39, 0.29) is 17.6 Å². The van der Waals surface area contributed by atoms with Crippen LogP contribution >= 0.6 is 0 Å². The second-order valence-corrected chi connectivity index (χ2v) is 6.59. The van der Waals surface area contributed by atoms with Crippen LogP contribution in [0.25, 0.3) is 0 Å². The SMILES string of the molecule is CCN(CC)c1ccc(C=NC[C@@H](c2cccc(F)c2)[NH+](C)C)c(O)c1. The Bertz CT molecular complexity index is 742. The van der Waals surface area contributed by atoms with E-state index in [1.165, 1.54) is 11.0 Å². The molecule has 5 heteroatoms. The highest BCUT2D eigenvalue weighted by molar-refractivity contribution is 5.84. The number of aromatic hydroxyl groups is 1. The molecule has 0 fully saturated rings. The van der Waals surface area contributed by atoms with Gasteiger partial charge in [0.1, 0.15) is 17.6 Å². The number of phenolic OH excluding ortho intramolecular Hbond substituents is 1. The normalized spacial score (nSPS) is 12.7. The fraction of sp³-hybridized carbons (Fsp3) is 0.381. The van der Waals surface area contributed by atoms with Gasteiger partial charge in [-0.25, -0.2) is 4.39 Å². The number of nitrogens with zero attached hydrogens (tertiary/aromatic N) is 2. The lowest BCUT2D eigenvalue weighted by atomic mass is 10.1. The molecule has 0 aliphatic heterocycles. The van der Waals surface area contributed by atoms with Crippen LogP contribution in [0.2, 0.25) is 0 Å². The third-order valence-electron chi connectivity index (χ3n) is 4.61. The van der Waals surface area contributed by atoms with Crippen LogP contribution in [0.4, 0.5) is 10.1 Å². The minimum absolute atomic E-state index is 0.0547. The number of likely N-dealkylation sites (N-methyl/N-ethyl adjacent to an activating group) is 1. The van der Waals surface area contributed by atoms with Crippen LogP contribution in [-0.4, -0.2) is 45.1 Å². The van der Waals surface area contributed by atoms with Crippen molar-refractivity contribution >= 4 is 11.9 Å². The summed E-state index contributed by atoms with van der Waals surface area (Å²) in [5.41, 5.74) is 2.61. The van der Waals surface area contributed by atoms with Gasteiger partial charge in [0, 0.05) is 42.2 Å². The molecule has 0 aliphatic rings. The van der Waals surface area contributed by atoms with Gasteiger partial charge in [-0.1, -0.05) is 12.1 Å². The zero-order valence-corrected chi connectivity index (χ0v) is 16.0. The summed E-state index contributed by atoms with van der Waals surface area (Å²) in [6.07, 6.45) is 1.69. The summed E-state index contributed by atoms with van der Waals surface area (Å²) in [6.45, 7) is 6.48. The van der Waals surface area contributed by atoms with E-state index in [0.717, 1.165) is 24.3 Å². The fourth-order valence-corrected chi connectivity index (χ4v) is 3.03. The smallest absolute Gasteiger partial charge is 0.133 e. The molecule has 2 aromatic rings. The third kappa shape index (κ3) is 5.05. The maximum atomic E-state index is 13.5. The number of rotatable bonds is 8. The highest BCUT2D eigenvalue weighted by Gasteiger charge is 2.17. The van der Waals surface area contributed by atoms with Crippen LogP contribution in [0.1, 0.15) is 31.0 Å². The zero-order chi connectivity index (χ0) is 19.1. The maximum absolute atomic E-state index is 13.5. The average molecular weight is 358 g/mol. The number of phenols is 1. The van der Waals surface area contributed by atoms with Crippen molar-refractivity contribution in [2.45, 2.75) is 19.9 Å². The molecule has 4 nitrogen and oxygen atoms in total. The van der Waals surface area contributed by atoms with Crippen molar-refractivity contribution in [1.82, 2.24) is 0 Å². The summed E-state index contributed by atoms with van der Waals surface area (Å²) in [7, 11) is 4.06. The Hall–Kier alpha value is -2.40. The first-order valence-corrected chi connectivity index (χ1v) is 9.09. The zero-order valence-electron chi connectivity index (χ0n) is 16.0. The van der Waals surface area contributed by atoms with Gasteiger partial charge in [-0.2, -0.15) is 0 Å². The minimum Gasteiger partial charge on any atom is -0.507 e. The van der Waals surface area contributed by atoms with Gasteiger partial charge in [0.15, 0.2) is 0 Å². The molecule has 2 rings (SSSR count). The second-order valence-electron chi connectivity index (χ2n) is 6.59. The van der Waals surface area contributed by atoms with E-state index in [9.17, 15) is 9.50 Å². The third-order valence-corrected chi connectivity index (χ3v) is 4.61. The molecular weight excluding hydrogens is 329 g/mol. The molecule has 0 bridgehead atoms. The lowest BCUT2D eigenvalue weighted by molar-refractivity contribution is -0.890. The number of anilines is 1. The predicted octanol–water partition coefficient (Wildman–Crippen LogP) is 2.68. The predicted molar refractivity (Wildman–Crippen MR) is 106 cm³/mol. The Kier molecular flexibility index (Phi) is 7.16. The number of hydrogen-bond acceptors (Lipinski definition) is 3. The van der Waals surface area contributed by atoms with Crippen LogP contribution in [0.15, 0.2) is 47.5 Å². The Morgan fingerprint density at radius 1 is 1.15 bits per heavy atom. The Morgan fingerprint density at radius 3 is 2.46 bits per heavy atom. The van der Waals surface area contributed by atoms with E-state index in [0.29, 0.717) is 12.1 Å². The van der Waals surface area contributed by atoms with E-state index < -0.39 is 0 Å². The summed E-state index contributed by atoms with van der Waals surface area (Å²) in [5, 5.41) is 10.3. The number of quaternary nitrogens is 1. The molecule has 140 valence electrons. The summed E-state index contributed by atoms with van der Waals surface area (Å²) in [5.74, 6) is -0.0139. The maximum Gasteiger partial charge on any atom is 0.133 e. The van der Waals surface area contributed by atoms with Gasteiger partial charge in [0.25, 0.3) is 0 Å². The number of hydrogen-bond donors (Lipinski definition) is 2. The van der Waals surface area contributed by atoms with E-state index >= 15 is 0 Å². The molecule has 0 spiro atoms. The highest BCUT2D eigenvalue weighted by Crippen LogP contribution is 2.23. The number of halogens is 1. The lowest BCUT2D eigenvalue weighted by Crippen LogP contribution is -3.06. The van der Waals surface area contributed by atoms with Crippen LogP contribution in [0, 0.1) is 5.82 Å². The number of benzene rings is 2. The van der Waals surface area contributed by atoms with Gasteiger partial charge in [0.05, 0.1) is 20.6 Å². The molecule has 0 heterocycles. The molecule has 0 unspecified atom stereocenters. The Morgan fingerprint density at radius 2 is 1.88 bits per heavy atom. The van der Waals surface area contributed by atoms with Crippen molar-refractivity contribution in [1.29, 1.82) is 0 Å². The molecular formula is C21H29FN3O+. The van der Waals surface area contributed by atoms with Gasteiger partial charge < -0.3 is 14.9 Å². The first-order chi connectivity index (χ1) is 12.5. The van der Waals surface area contributed by atoms with Gasteiger partial charge in [-0.3, -0.25) is 4.99 Å². The fourth-order valence-electron chi connectivity index (χ4n) is 3.03. The molecule has 2 aromatic carbocycles. The van der Waals surface area contributed by atoms with Crippen LogP contribution in [0.5, 0.6) is 5.75 Å². The van der Waals surface area contributed by atoms with E-state index in [1.807, 2.05) is 32.3 Å². The van der Waals surface area contributed by atoms with Gasteiger partial charge >= 0.3 is 0 Å². The van der Waals surface area contributed by atoms with Crippen LogP contribution in [0.3, 0.4) is 0 Å². The molecule has 0 amide bonds. The van der Waals surface area contributed by atoms with Crippen molar-refractivity contribution in [2.75, 3.05) is 38.6 Å². The van der Waals surface area contributed by atoms with E-state index in [4.69, 9.17) is 0 Å². The highest BCUT2D eigenvalue weighted by atomic mass is 19.1. The monoisotopic (exact) mass is 358 g/mol. The van der Waals surface area contributed by atoms with Gasteiger partial charge in [-0.15, -0.1) is 0 Å². The summed E-state index contributed by atoms with van der Waals surface area (Å²) in [6, 6.07) is 12.4. The average Bonchev–Trinajstić information content (AvgIpc) is 2.61. The topological polar surface area (TPSA) is 40.3 Å². The molecule has 1 atom stereocenters. The Labute approximate surface area is 155 Å². The van der Waals surface area contributed by atoms with E-state index in [1.54, 1.807) is 24.4 Å². The quantitative estimate of drug-likeness (QED) is 0.713. The molecule has 0 saturated heterocycles. The first-order valence-electron chi connectivity index (χ1n) is 9.09. The van der Waals surface area contributed by atoms with Crippen molar-refractivity contribution in [3.8, 4) is 5.75 Å². The van der Waals surface area contributed by atoms with E-state index in [2.05, 4.69) is 23.7 Å². The molecule has 0 saturated carbocycles. The summed E-state index contributed by atoms with van der Waals surface area (Å²) >= 11 is 0. The summed E-state index contributed by atoms with van der Waals surface area (Å²) < 4.78 is 13.5. The standard InChI is InChI=1S/C21H28FN3O/c1-5-25(6-2)19-11-10-17(21(26)13-19)14-23-15-20(24(3)4)16-8-7-9-18(22)12-16/h7-14,20,26H,5-6,15H2,1-4H3/p+1/t20-/m0/s1. The first kappa shape index (κ1) is 19.9. The molecule has 26 heavy (non-hydrogen) atoms. The molecule has 0 radical (unpaired) electrons. The van der Waals surface area contributed by atoms with Gasteiger partial charge in [-0.05, 0) is 38.1 Å². The van der Waals surface area contributed by atoms with Crippen molar-refractivity contribution in [2.24, 2.45) is 4.99 Å². The van der Waals surface area contributed by atoms with Crippen molar-refractivity contribution in [3.05, 3.63) is 59.4 Å². The summed E-state index contributed by atoms with van der Waals surface area (Å²) in [4.78, 5) is 7.85. The molecule has 2 N–H and O–H groups in total. The number of nitrogens with one attached hydrogen (secondary N) is 1. The second kappa shape index (κ2) is 9.34. The van der Waals surface area contributed by atoms with Crippen LogP contribution in [-0.2, 0) is 0 Å². The van der Waals surface area contributed by atoms with Gasteiger partial charge in [0.2, 0.25) is 0 Å².